The molecule has 0 radical (unpaired) electrons. The van der Waals surface area contributed by atoms with Crippen LogP contribution < -0.4 is 4.90 Å². The lowest BCUT2D eigenvalue weighted by atomic mass is 10.1. The average molecular weight is 470 g/mol. The first kappa shape index (κ1) is 21.8. The molecule has 0 bridgehead atoms. The molecule has 2 fully saturated rings. The Kier molecular flexibility index (Phi) is 5.57. The summed E-state index contributed by atoms with van der Waals surface area (Å²) in [5.41, 5.74) is 1.80. The van der Waals surface area contributed by atoms with Crippen LogP contribution in [0.25, 0.3) is 10.9 Å². The monoisotopic (exact) mass is 469 g/mol. The summed E-state index contributed by atoms with van der Waals surface area (Å²) in [6, 6.07) is 9.73. The van der Waals surface area contributed by atoms with Crippen molar-refractivity contribution in [1.82, 2.24) is 19.3 Å². The molecule has 4 heterocycles. The van der Waals surface area contributed by atoms with Gasteiger partial charge in [-0.05, 0) is 38.8 Å². The molecule has 0 saturated carbocycles. The number of carbonyl (C=O) groups is 1. The van der Waals surface area contributed by atoms with Crippen molar-refractivity contribution in [3.63, 3.8) is 0 Å². The Labute approximate surface area is 193 Å². The molecule has 9 nitrogen and oxygen atoms in total. The van der Waals surface area contributed by atoms with Gasteiger partial charge in [0, 0.05) is 44.7 Å². The molecular weight excluding hydrogens is 442 g/mol. The molecule has 5 rings (SSSR count). The Morgan fingerprint density at radius 1 is 1.00 bits per heavy atom. The van der Waals surface area contributed by atoms with Gasteiger partial charge in [0.05, 0.1) is 11.1 Å². The van der Waals surface area contributed by atoms with Crippen molar-refractivity contribution in [2.75, 3.05) is 44.2 Å². The first-order valence-electron chi connectivity index (χ1n) is 11.2. The number of hydrogen-bond acceptors (Lipinski definition) is 7. The Balaban J connectivity index is 1.40. The zero-order chi connectivity index (χ0) is 23.2. The van der Waals surface area contributed by atoms with Gasteiger partial charge in [-0.2, -0.15) is 4.31 Å². The standard InChI is InChI=1S/C23H27N5O4S/c1-16-21(17(2)32-25-16)33(30,31)28-13-11-27(12-14-28)23(29)19-15-18-7-3-4-8-20(18)24-22(19)26-9-5-6-10-26/h3-4,7-8,15H,5-6,9-14H2,1-2H3. The molecule has 174 valence electrons. The summed E-state index contributed by atoms with van der Waals surface area (Å²) in [5.74, 6) is 0.898. The summed E-state index contributed by atoms with van der Waals surface area (Å²) < 4.78 is 32.7. The third-order valence-electron chi connectivity index (χ3n) is 6.43. The van der Waals surface area contributed by atoms with Gasteiger partial charge in [0.2, 0.25) is 10.0 Å². The number of fused-ring (bicyclic) bond motifs is 1. The molecule has 2 aromatic heterocycles. The van der Waals surface area contributed by atoms with Gasteiger partial charge >= 0.3 is 0 Å². The zero-order valence-corrected chi connectivity index (χ0v) is 19.6. The molecule has 1 amide bonds. The predicted molar refractivity (Wildman–Crippen MR) is 124 cm³/mol. The summed E-state index contributed by atoms with van der Waals surface area (Å²) in [6.07, 6.45) is 2.17. The second-order valence-corrected chi connectivity index (χ2v) is 10.5. The fourth-order valence-corrected chi connectivity index (χ4v) is 6.42. The second kappa shape index (κ2) is 8.42. The van der Waals surface area contributed by atoms with E-state index >= 15 is 0 Å². The molecule has 2 aliphatic rings. The number of anilines is 1. The van der Waals surface area contributed by atoms with Crippen molar-refractivity contribution in [3.8, 4) is 0 Å². The van der Waals surface area contributed by atoms with Crippen LogP contribution in [0.4, 0.5) is 5.82 Å². The smallest absolute Gasteiger partial charge is 0.257 e. The van der Waals surface area contributed by atoms with Crippen molar-refractivity contribution in [1.29, 1.82) is 0 Å². The van der Waals surface area contributed by atoms with Gasteiger partial charge in [-0.1, -0.05) is 23.4 Å². The average Bonchev–Trinajstić information content (AvgIpc) is 3.48. The molecule has 0 aliphatic carbocycles. The van der Waals surface area contributed by atoms with Gasteiger partial charge in [0.15, 0.2) is 5.76 Å². The maximum absolute atomic E-state index is 13.6. The topological polar surface area (TPSA) is 99.8 Å². The van der Waals surface area contributed by atoms with Crippen LogP contribution in [0.5, 0.6) is 0 Å². The van der Waals surface area contributed by atoms with E-state index in [0.29, 0.717) is 24.3 Å². The highest BCUT2D eigenvalue weighted by Crippen LogP contribution is 2.29. The molecule has 0 N–H and O–H groups in total. The summed E-state index contributed by atoms with van der Waals surface area (Å²) in [6.45, 7) is 6.05. The number of carbonyl (C=O) groups excluding carboxylic acids is 1. The predicted octanol–water partition coefficient (Wildman–Crippen LogP) is 2.59. The van der Waals surface area contributed by atoms with Gasteiger partial charge in [-0.3, -0.25) is 4.79 Å². The lowest BCUT2D eigenvalue weighted by Crippen LogP contribution is -2.50. The Morgan fingerprint density at radius 3 is 2.36 bits per heavy atom. The van der Waals surface area contributed by atoms with Gasteiger partial charge in [-0.25, -0.2) is 13.4 Å². The SMILES string of the molecule is Cc1noc(C)c1S(=O)(=O)N1CCN(C(=O)c2cc3ccccc3nc2N2CCCC2)CC1. The summed E-state index contributed by atoms with van der Waals surface area (Å²) >= 11 is 0. The van der Waals surface area contributed by atoms with Gasteiger partial charge in [-0.15, -0.1) is 0 Å². The normalized spacial score (nSPS) is 17.8. The van der Waals surface area contributed by atoms with Crippen LogP contribution in [-0.4, -0.2) is 72.9 Å². The molecule has 33 heavy (non-hydrogen) atoms. The minimum absolute atomic E-state index is 0.107. The maximum atomic E-state index is 13.6. The number of sulfonamides is 1. The molecule has 0 atom stereocenters. The fraction of sp³-hybridized carbons (Fsp3) is 0.435. The van der Waals surface area contributed by atoms with Crippen LogP contribution in [0, 0.1) is 13.8 Å². The number of hydrogen-bond donors (Lipinski definition) is 0. The summed E-state index contributed by atoms with van der Waals surface area (Å²) in [5, 5.41) is 4.70. The van der Waals surface area contributed by atoms with Crippen LogP contribution in [-0.2, 0) is 10.0 Å². The van der Waals surface area contributed by atoms with E-state index in [-0.39, 0.29) is 29.7 Å². The van der Waals surface area contributed by atoms with E-state index in [1.165, 1.54) is 4.31 Å². The van der Waals surface area contributed by atoms with Crippen molar-refractivity contribution in [3.05, 3.63) is 47.3 Å². The lowest BCUT2D eigenvalue weighted by molar-refractivity contribution is 0.0698. The Hall–Kier alpha value is -2.98. The number of benzene rings is 1. The first-order valence-corrected chi connectivity index (χ1v) is 12.7. The highest BCUT2D eigenvalue weighted by Gasteiger charge is 2.35. The largest absolute Gasteiger partial charge is 0.360 e. The zero-order valence-electron chi connectivity index (χ0n) is 18.8. The van der Waals surface area contributed by atoms with E-state index in [1.54, 1.807) is 18.7 Å². The number of aryl methyl sites for hydroxylation is 2. The number of rotatable bonds is 4. The number of para-hydroxylation sites is 1. The van der Waals surface area contributed by atoms with Crippen molar-refractivity contribution >= 4 is 32.7 Å². The second-order valence-electron chi connectivity index (χ2n) is 8.60. The van der Waals surface area contributed by atoms with Crippen LogP contribution in [0.1, 0.15) is 34.7 Å². The molecule has 2 saturated heterocycles. The Bertz CT molecular complexity index is 1290. The minimum atomic E-state index is -3.73. The number of piperazine rings is 1. The number of nitrogens with zero attached hydrogens (tertiary/aromatic N) is 5. The van der Waals surface area contributed by atoms with Gasteiger partial charge in [0.1, 0.15) is 16.4 Å². The third-order valence-corrected chi connectivity index (χ3v) is 8.58. The molecule has 10 heteroatoms. The van der Waals surface area contributed by atoms with E-state index in [0.717, 1.165) is 42.7 Å². The highest BCUT2D eigenvalue weighted by atomic mass is 32.2. The van der Waals surface area contributed by atoms with Crippen LogP contribution >= 0.6 is 0 Å². The van der Waals surface area contributed by atoms with Crippen LogP contribution in [0.2, 0.25) is 0 Å². The van der Waals surface area contributed by atoms with Gasteiger partial charge in [0.25, 0.3) is 5.91 Å². The molecule has 2 aliphatic heterocycles. The van der Waals surface area contributed by atoms with E-state index in [9.17, 15) is 13.2 Å². The lowest BCUT2D eigenvalue weighted by Gasteiger charge is -2.34. The molecule has 1 aromatic carbocycles. The number of pyridine rings is 1. The summed E-state index contributed by atoms with van der Waals surface area (Å²) in [4.78, 5) is 22.4. The molecule has 0 spiro atoms. The number of aromatic nitrogens is 2. The third kappa shape index (κ3) is 3.87. The molecule has 3 aromatic rings. The van der Waals surface area contributed by atoms with Crippen LogP contribution in [0.3, 0.4) is 0 Å². The van der Waals surface area contributed by atoms with E-state index < -0.39 is 10.0 Å². The van der Waals surface area contributed by atoms with Crippen molar-refractivity contribution in [2.24, 2.45) is 0 Å². The maximum Gasteiger partial charge on any atom is 0.257 e. The fourth-order valence-electron chi connectivity index (χ4n) is 4.71. The number of amides is 1. The molecular formula is C23H27N5O4S. The molecule has 0 unspecified atom stereocenters. The quantitative estimate of drug-likeness (QED) is 0.579. The summed E-state index contributed by atoms with van der Waals surface area (Å²) in [7, 11) is -3.73. The highest BCUT2D eigenvalue weighted by molar-refractivity contribution is 7.89. The van der Waals surface area contributed by atoms with E-state index in [2.05, 4.69) is 10.1 Å². The van der Waals surface area contributed by atoms with Crippen molar-refractivity contribution in [2.45, 2.75) is 31.6 Å². The van der Waals surface area contributed by atoms with Crippen LogP contribution in [0.15, 0.2) is 39.8 Å². The van der Waals surface area contributed by atoms with E-state index in [4.69, 9.17) is 9.51 Å². The van der Waals surface area contributed by atoms with Crippen molar-refractivity contribution < 1.29 is 17.7 Å². The van der Waals surface area contributed by atoms with E-state index in [1.807, 2.05) is 30.3 Å². The first-order chi connectivity index (χ1) is 15.9. The van der Waals surface area contributed by atoms with Gasteiger partial charge < -0.3 is 14.3 Å². The minimum Gasteiger partial charge on any atom is -0.360 e. The Morgan fingerprint density at radius 2 is 1.70 bits per heavy atom.